The van der Waals surface area contributed by atoms with Crippen molar-refractivity contribution in [3.05, 3.63) is 47.7 Å². The zero-order valence-corrected chi connectivity index (χ0v) is 14.8. The van der Waals surface area contributed by atoms with E-state index in [1.165, 1.54) is 0 Å². The van der Waals surface area contributed by atoms with Gasteiger partial charge in [0.05, 0.1) is 6.04 Å². The summed E-state index contributed by atoms with van der Waals surface area (Å²) in [4.78, 5) is 17.6. The second-order valence-electron chi connectivity index (χ2n) is 6.70. The van der Waals surface area contributed by atoms with Crippen LogP contribution in [0.4, 0.5) is 5.82 Å². The lowest BCUT2D eigenvalue weighted by molar-refractivity contribution is 0.202. The number of piperazine rings is 1. The maximum absolute atomic E-state index is 9.26. The second-order valence-corrected chi connectivity index (χ2v) is 6.70. The molecule has 26 heavy (non-hydrogen) atoms. The third-order valence-electron chi connectivity index (χ3n) is 5.04. The summed E-state index contributed by atoms with van der Waals surface area (Å²) in [7, 11) is 0. The molecule has 0 spiro atoms. The Bertz CT molecular complexity index is 906. The molecule has 0 saturated carbocycles. The summed E-state index contributed by atoms with van der Waals surface area (Å²) in [5, 5.41) is 9.26. The van der Waals surface area contributed by atoms with Gasteiger partial charge in [0, 0.05) is 43.8 Å². The van der Waals surface area contributed by atoms with Crippen LogP contribution in [0.25, 0.3) is 0 Å². The molecule has 2 aromatic rings. The lowest BCUT2D eigenvalue weighted by atomic mass is 10.1. The molecule has 2 atom stereocenters. The molecule has 0 bridgehead atoms. The number of nitrogens with zero attached hydrogens (tertiary/aromatic N) is 6. The van der Waals surface area contributed by atoms with E-state index in [2.05, 4.69) is 42.7 Å². The van der Waals surface area contributed by atoms with Crippen LogP contribution in [0.2, 0.25) is 0 Å². The quantitative estimate of drug-likeness (QED) is 0.734. The van der Waals surface area contributed by atoms with E-state index in [1.807, 2.05) is 25.1 Å². The van der Waals surface area contributed by atoms with Gasteiger partial charge in [-0.1, -0.05) is 12.0 Å². The fourth-order valence-electron chi connectivity index (χ4n) is 3.81. The first-order chi connectivity index (χ1) is 12.7. The van der Waals surface area contributed by atoms with E-state index >= 15 is 0 Å². The average Bonchev–Trinajstić information content (AvgIpc) is 3.08. The van der Waals surface area contributed by atoms with Crippen LogP contribution in [0, 0.1) is 30.1 Å². The first kappa shape index (κ1) is 16.5. The fraction of sp³-hybridized carbons (Fsp3) is 0.400. The molecule has 0 radical (unpaired) electrons. The van der Waals surface area contributed by atoms with Gasteiger partial charge >= 0.3 is 0 Å². The summed E-state index contributed by atoms with van der Waals surface area (Å²) in [6.07, 6.45) is 5.40. The van der Waals surface area contributed by atoms with E-state index in [0.29, 0.717) is 17.6 Å². The van der Waals surface area contributed by atoms with Crippen molar-refractivity contribution in [2.75, 3.05) is 24.5 Å². The van der Waals surface area contributed by atoms with E-state index in [9.17, 15) is 5.26 Å². The largest absolute Gasteiger partial charge is 0.351 e. The normalized spacial score (nSPS) is 22.2. The highest BCUT2D eigenvalue weighted by Gasteiger charge is 2.37. The zero-order valence-electron chi connectivity index (χ0n) is 14.8. The maximum atomic E-state index is 9.26. The van der Waals surface area contributed by atoms with Crippen LogP contribution in [0.5, 0.6) is 0 Å². The Labute approximate surface area is 153 Å². The van der Waals surface area contributed by atoms with E-state index in [-0.39, 0.29) is 6.04 Å². The van der Waals surface area contributed by atoms with Crippen LogP contribution in [-0.4, -0.2) is 51.6 Å². The molecule has 6 nitrogen and oxygen atoms in total. The third-order valence-corrected chi connectivity index (χ3v) is 5.04. The Morgan fingerprint density at radius 1 is 1.15 bits per heavy atom. The number of aryl methyl sites for hydroxylation is 1. The summed E-state index contributed by atoms with van der Waals surface area (Å²) in [6.45, 7) is 4.61. The lowest BCUT2D eigenvalue weighted by Crippen LogP contribution is -2.52. The van der Waals surface area contributed by atoms with Crippen molar-refractivity contribution in [2.24, 2.45) is 0 Å². The first-order valence-electron chi connectivity index (χ1n) is 8.91. The minimum atomic E-state index is 0.279. The number of anilines is 1. The fourth-order valence-corrected chi connectivity index (χ4v) is 3.81. The van der Waals surface area contributed by atoms with Gasteiger partial charge in [-0.2, -0.15) is 5.26 Å². The molecule has 0 amide bonds. The van der Waals surface area contributed by atoms with Gasteiger partial charge in [0.1, 0.15) is 11.8 Å². The molecule has 0 aliphatic carbocycles. The Morgan fingerprint density at radius 3 is 2.88 bits per heavy atom. The van der Waals surface area contributed by atoms with Crippen molar-refractivity contribution in [3.8, 4) is 17.9 Å². The number of pyridine rings is 1. The Kier molecular flexibility index (Phi) is 4.51. The lowest BCUT2D eigenvalue weighted by Gasteiger charge is -2.39. The minimum Gasteiger partial charge on any atom is -0.351 e. The molecule has 2 aliphatic heterocycles. The standard InChI is InChI=1S/C20H20N6/c1-15-3-2-4-16(24-15)5-6-17-7-8-18-14-25(11-12-26(17)18)20-19(13-21)22-9-10-23-20/h2-4,9-10,17-18H,7-8,11-12,14H2,1H3/t17-,18?/m0/s1. The number of aromatic nitrogens is 3. The van der Waals surface area contributed by atoms with Crippen LogP contribution in [-0.2, 0) is 0 Å². The van der Waals surface area contributed by atoms with Crippen LogP contribution in [0.3, 0.4) is 0 Å². The Balaban J connectivity index is 1.47. The molecular formula is C20H20N6. The second kappa shape index (κ2) is 7.11. The number of rotatable bonds is 1. The highest BCUT2D eigenvalue weighted by atomic mass is 15.3. The third kappa shape index (κ3) is 3.24. The van der Waals surface area contributed by atoms with Gasteiger partial charge < -0.3 is 4.90 Å². The van der Waals surface area contributed by atoms with Crippen LogP contribution in [0.15, 0.2) is 30.6 Å². The van der Waals surface area contributed by atoms with Gasteiger partial charge in [0.15, 0.2) is 11.5 Å². The van der Waals surface area contributed by atoms with Gasteiger partial charge in [-0.25, -0.2) is 15.0 Å². The first-order valence-corrected chi connectivity index (χ1v) is 8.91. The summed E-state index contributed by atoms with van der Waals surface area (Å²) in [5.74, 6) is 7.36. The summed E-state index contributed by atoms with van der Waals surface area (Å²) in [6, 6.07) is 8.81. The van der Waals surface area contributed by atoms with Gasteiger partial charge in [0.25, 0.3) is 0 Å². The topological polar surface area (TPSA) is 68.9 Å². The molecule has 4 heterocycles. The minimum absolute atomic E-state index is 0.279. The molecule has 6 heteroatoms. The van der Waals surface area contributed by atoms with Crippen molar-refractivity contribution < 1.29 is 0 Å². The Morgan fingerprint density at radius 2 is 2.04 bits per heavy atom. The Hall–Kier alpha value is -2.96. The van der Waals surface area contributed by atoms with Crippen molar-refractivity contribution >= 4 is 5.82 Å². The molecule has 4 rings (SSSR count). The molecule has 0 aromatic carbocycles. The smallest absolute Gasteiger partial charge is 0.183 e. The van der Waals surface area contributed by atoms with Gasteiger partial charge in [-0.3, -0.25) is 4.90 Å². The number of nitriles is 1. The highest BCUT2D eigenvalue weighted by molar-refractivity contribution is 5.50. The predicted molar refractivity (Wildman–Crippen MR) is 98.3 cm³/mol. The van der Waals surface area contributed by atoms with Crippen LogP contribution < -0.4 is 4.90 Å². The maximum Gasteiger partial charge on any atom is 0.183 e. The molecule has 0 N–H and O–H groups in total. The van der Waals surface area contributed by atoms with E-state index in [1.54, 1.807) is 12.4 Å². The van der Waals surface area contributed by atoms with E-state index in [0.717, 1.165) is 43.9 Å². The molecule has 130 valence electrons. The summed E-state index contributed by atoms with van der Waals surface area (Å²) >= 11 is 0. The van der Waals surface area contributed by atoms with Crippen LogP contribution >= 0.6 is 0 Å². The molecule has 2 aromatic heterocycles. The number of hydrogen-bond acceptors (Lipinski definition) is 6. The van der Waals surface area contributed by atoms with Gasteiger partial charge in [-0.15, -0.1) is 0 Å². The van der Waals surface area contributed by atoms with E-state index in [4.69, 9.17) is 0 Å². The van der Waals surface area contributed by atoms with Crippen molar-refractivity contribution in [3.63, 3.8) is 0 Å². The SMILES string of the molecule is Cc1cccc(C#C[C@H]2CCC3CN(c4nccnc4C#N)CCN32)n1. The van der Waals surface area contributed by atoms with E-state index < -0.39 is 0 Å². The highest BCUT2D eigenvalue weighted by Crippen LogP contribution is 2.29. The van der Waals surface area contributed by atoms with Gasteiger partial charge in [0.2, 0.25) is 0 Å². The monoisotopic (exact) mass is 344 g/mol. The molecule has 2 aliphatic rings. The van der Waals surface area contributed by atoms with Crippen LogP contribution in [0.1, 0.15) is 29.9 Å². The zero-order chi connectivity index (χ0) is 17.9. The number of fused-ring (bicyclic) bond motifs is 1. The molecule has 1 unspecified atom stereocenters. The molecule has 2 saturated heterocycles. The molecular weight excluding hydrogens is 324 g/mol. The average molecular weight is 344 g/mol. The van der Waals surface area contributed by atoms with Crippen molar-refractivity contribution in [2.45, 2.75) is 31.8 Å². The van der Waals surface area contributed by atoms with Crippen molar-refractivity contribution in [1.29, 1.82) is 5.26 Å². The van der Waals surface area contributed by atoms with Crippen molar-refractivity contribution in [1.82, 2.24) is 19.9 Å². The molecule has 2 fully saturated rings. The summed E-state index contributed by atoms with van der Waals surface area (Å²) < 4.78 is 0. The number of hydrogen-bond donors (Lipinski definition) is 0. The summed E-state index contributed by atoms with van der Waals surface area (Å²) in [5.41, 5.74) is 2.23. The predicted octanol–water partition coefficient (Wildman–Crippen LogP) is 1.76. The van der Waals surface area contributed by atoms with Gasteiger partial charge in [-0.05, 0) is 37.8 Å².